The summed E-state index contributed by atoms with van der Waals surface area (Å²) in [5.41, 5.74) is 1.75. The average Bonchev–Trinajstić information content (AvgIpc) is 2.44. The molecule has 0 atom stereocenters. The van der Waals surface area contributed by atoms with Gasteiger partial charge in [-0.3, -0.25) is 16.0 Å². The van der Waals surface area contributed by atoms with Crippen LogP contribution >= 0.6 is 0 Å². The van der Waals surface area contributed by atoms with Gasteiger partial charge in [-0.15, -0.1) is 0 Å². The van der Waals surface area contributed by atoms with Crippen LogP contribution in [0.4, 0.5) is 11.4 Å². The molecule has 0 aromatic heterocycles. The third-order valence-electron chi connectivity index (χ3n) is 3.31. The highest BCUT2D eigenvalue weighted by molar-refractivity contribution is 7.89. The highest BCUT2D eigenvalue weighted by Crippen LogP contribution is 2.27. The standard InChI is InChI=1S/C12H20N4O4S/c1-4-12(2,3)8-14-21(19,20)11-6-5-9(15-13)7-10(11)16(17)18/h5-7,14-15H,4,8,13H2,1-3H3. The molecule has 21 heavy (non-hydrogen) atoms. The molecular weight excluding hydrogens is 296 g/mol. The number of nitrogens with two attached hydrogens (primary N) is 1. The van der Waals surface area contributed by atoms with Crippen molar-refractivity contribution in [2.75, 3.05) is 12.0 Å². The zero-order chi connectivity index (χ0) is 16.3. The first-order chi connectivity index (χ1) is 9.63. The molecule has 1 rings (SSSR count). The fourth-order valence-electron chi connectivity index (χ4n) is 1.47. The molecular formula is C12H20N4O4S. The van der Waals surface area contributed by atoms with E-state index in [0.29, 0.717) is 0 Å². The molecule has 0 aliphatic carbocycles. The Morgan fingerprint density at radius 1 is 1.38 bits per heavy atom. The zero-order valence-corrected chi connectivity index (χ0v) is 13.0. The minimum Gasteiger partial charge on any atom is -0.324 e. The van der Waals surface area contributed by atoms with Crippen molar-refractivity contribution in [2.45, 2.75) is 32.1 Å². The van der Waals surface area contributed by atoms with E-state index in [1.165, 1.54) is 6.07 Å². The molecule has 1 aromatic rings. The quantitative estimate of drug-likeness (QED) is 0.398. The highest BCUT2D eigenvalue weighted by atomic mass is 32.2. The van der Waals surface area contributed by atoms with Crippen molar-refractivity contribution in [3.8, 4) is 0 Å². The Hall–Kier alpha value is -1.71. The fraction of sp³-hybridized carbons (Fsp3) is 0.500. The lowest BCUT2D eigenvalue weighted by Crippen LogP contribution is -2.34. The third kappa shape index (κ3) is 4.38. The Kier molecular flexibility index (Phi) is 5.26. The van der Waals surface area contributed by atoms with Crippen molar-refractivity contribution in [1.82, 2.24) is 4.72 Å². The molecule has 4 N–H and O–H groups in total. The van der Waals surface area contributed by atoms with Crippen LogP contribution in [0, 0.1) is 15.5 Å². The lowest BCUT2D eigenvalue weighted by Gasteiger charge is -2.22. The van der Waals surface area contributed by atoms with Crippen molar-refractivity contribution in [2.24, 2.45) is 11.3 Å². The van der Waals surface area contributed by atoms with Crippen LogP contribution in [0.5, 0.6) is 0 Å². The Morgan fingerprint density at radius 2 is 2.00 bits per heavy atom. The van der Waals surface area contributed by atoms with Crippen LogP contribution in [-0.4, -0.2) is 19.9 Å². The van der Waals surface area contributed by atoms with Crippen LogP contribution in [0.25, 0.3) is 0 Å². The number of nitrogens with zero attached hydrogens (tertiary/aromatic N) is 1. The van der Waals surface area contributed by atoms with Gasteiger partial charge in [0, 0.05) is 12.6 Å². The molecule has 0 unspecified atom stereocenters. The van der Waals surface area contributed by atoms with Gasteiger partial charge < -0.3 is 5.43 Å². The number of nitro benzene ring substituents is 1. The number of nitrogens with one attached hydrogen (secondary N) is 2. The molecule has 0 fully saturated rings. The van der Waals surface area contributed by atoms with Crippen LogP contribution in [0.2, 0.25) is 0 Å². The van der Waals surface area contributed by atoms with Crippen molar-refractivity contribution < 1.29 is 13.3 Å². The lowest BCUT2D eigenvalue weighted by atomic mass is 9.91. The monoisotopic (exact) mass is 316 g/mol. The number of hydrazine groups is 1. The van der Waals surface area contributed by atoms with Crippen molar-refractivity contribution in [3.05, 3.63) is 28.3 Å². The van der Waals surface area contributed by atoms with E-state index >= 15 is 0 Å². The highest BCUT2D eigenvalue weighted by Gasteiger charge is 2.28. The number of benzene rings is 1. The number of hydrogen-bond donors (Lipinski definition) is 3. The smallest absolute Gasteiger partial charge is 0.291 e. The van der Waals surface area contributed by atoms with Gasteiger partial charge in [0.05, 0.1) is 10.6 Å². The van der Waals surface area contributed by atoms with Crippen molar-refractivity contribution in [3.63, 3.8) is 0 Å². The summed E-state index contributed by atoms with van der Waals surface area (Å²) in [6, 6.07) is 3.61. The van der Waals surface area contributed by atoms with Gasteiger partial charge in [-0.2, -0.15) is 0 Å². The summed E-state index contributed by atoms with van der Waals surface area (Å²) in [5, 5.41) is 11.0. The zero-order valence-electron chi connectivity index (χ0n) is 12.2. The Balaban J connectivity index is 3.16. The van der Waals surface area contributed by atoms with Crippen LogP contribution in [0.15, 0.2) is 23.1 Å². The van der Waals surface area contributed by atoms with Gasteiger partial charge in [0.2, 0.25) is 10.0 Å². The summed E-state index contributed by atoms with van der Waals surface area (Å²) in [6.45, 7) is 5.95. The van der Waals surface area contributed by atoms with Gasteiger partial charge in [-0.25, -0.2) is 13.1 Å². The molecule has 118 valence electrons. The lowest BCUT2D eigenvalue weighted by molar-refractivity contribution is -0.387. The topological polar surface area (TPSA) is 127 Å². The predicted molar refractivity (Wildman–Crippen MR) is 80.2 cm³/mol. The van der Waals surface area contributed by atoms with Crippen LogP contribution in [0.3, 0.4) is 0 Å². The maximum absolute atomic E-state index is 12.3. The van der Waals surface area contributed by atoms with Crippen molar-refractivity contribution >= 4 is 21.4 Å². The molecule has 0 bridgehead atoms. The number of anilines is 1. The average molecular weight is 316 g/mol. The molecule has 0 aliphatic rings. The first-order valence-corrected chi connectivity index (χ1v) is 7.86. The largest absolute Gasteiger partial charge is 0.324 e. The number of sulfonamides is 1. The predicted octanol–water partition coefficient (Wildman–Crippen LogP) is 1.59. The Labute approximate surface area is 123 Å². The number of rotatable bonds is 7. The minimum atomic E-state index is -3.96. The van der Waals surface area contributed by atoms with E-state index in [1.807, 2.05) is 20.8 Å². The normalized spacial score (nSPS) is 12.2. The van der Waals surface area contributed by atoms with E-state index in [2.05, 4.69) is 10.1 Å². The van der Waals surface area contributed by atoms with E-state index in [4.69, 9.17) is 5.84 Å². The van der Waals surface area contributed by atoms with Crippen molar-refractivity contribution in [1.29, 1.82) is 0 Å². The summed E-state index contributed by atoms with van der Waals surface area (Å²) >= 11 is 0. The first kappa shape index (κ1) is 17.3. The minimum absolute atomic E-state index is 0.194. The summed E-state index contributed by atoms with van der Waals surface area (Å²) in [6.07, 6.45) is 0.771. The van der Waals surface area contributed by atoms with E-state index in [1.54, 1.807) is 0 Å². The second kappa shape index (κ2) is 6.37. The first-order valence-electron chi connectivity index (χ1n) is 6.37. The maximum atomic E-state index is 12.3. The molecule has 0 saturated carbocycles. The van der Waals surface area contributed by atoms with Gasteiger partial charge >= 0.3 is 0 Å². The Bertz CT molecular complexity index is 628. The van der Waals surface area contributed by atoms with Gasteiger partial charge in [-0.1, -0.05) is 20.8 Å². The summed E-state index contributed by atoms with van der Waals surface area (Å²) in [4.78, 5) is 9.91. The molecule has 9 heteroatoms. The second-order valence-electron chi connectivity index (χ2n) is 5.43. The molecule has 0 heterocycles. The number of hydrogen-bond acceptors (Lipinski definition) is 6. The molecule has 8 nitrogen and oxygen atoms in total. The number of nitro groups is 1. The molecule has 0 radical (unpaired) electrons. The molecule has 0 amide bonds. The summed E-state index contributed by atoms with van der Waals surface area (Å²) < 4.78 is 26.9. The maximum Gasteiger partial charge on any atom is 0.291 e. The molecule has 0 aliphatic heterocycles. The van der Waals surface area contributed by atoms with E-state index < -0.39 is 20.6 Å². The van der Waals surface area contributed by atoms with Gasteiger partial charge in [-0.05, 0) is 24.0 Å². The van der Waals surface area contributed by atoms with Crippen LogP contribution in [0.1, 0.15) is 27.2 Å². The van der Waals surface area contributed by atoms with E-state index in [-0.39, 0.29) is 22.5 Å². The summed E-state index contributed by atoms with van der Waals surface area (Å²) in [5.74, 6) is 5.17. The van der Waals surface area contributed by atoms with Gasteiger partial charge in [0.15, 0.2) is 4.90 Å². The van der Waals surface area contributed by atoms with E-state index in [9.17, 15) is 18.5 Å². The third-order valence-corrected chi connectivity index (χ3v) is 4.76. The summed E-state index contributed by atoms with van der Waals surface area (Å²) in [7, 11) is -3.96. The Morgan fingerprint density at radius 3 is 2.48 bits per heavy atom. The van der Waals surface area contributed by atoms with Crippen LogP contribution < -0.4 is 16.0 Å². The molecule has 1 aromatic carbocycles. The fourth-order valence-corrected chi connectivity index (χ4v) is 2.86. The number of nitrogen functional groups attached to an aromatic ring is 1. The SMILES string of the molecule is CCC(C)(C)CNS(=O)(=O)c1ccc(NN)cc1[N+](=O)[O-]. The van der Waals surface area contributed by atoms with Gasteiger partial charge in [0.25, 0.3) is 5.69 Å². The van der Waals surface area contributed by atoms with Crippen LogP contribution in [-0.2, 0) is 10.0 Å². The van der Waals surface area contributed by atoms with E-state index in [0.717, 1.165) is 18.6 Å². The second-order valence-corrected chi connectivity index (χ2v) is 7.16. The molecule has 0 saturated heterocycles. The molecule has 0 spiro atoms. The van der Waals surface area contributed by atoms with Gasteiger partial charge in [0.1, 0.15) is 0 Å².